The van der Waals surface area contributed by atoms with E-state index in [1.54, 1.807) is 0 Å². The van der Waals surface area contributed by atoms with Crippen molar-refractivity contribution in [1.82, 2.24) is 5.32 Å². The third-order valence-electron chi connectivity index (χ3n) is 6.70. The highest BCUT2D eigenvalue weighted by atomic mass is 28.4. The first-order chi connectivity index (χ1) is 18.0. The zero-order valence-electron chi connectivity index (χ0n) is 22.3. The van der Waals surface area contributed by atoms with Crippen molar-refractivity contribution >= 4 is 18.7 Å². The molecule has 0 aliphatic carbocycles. The highest BCUT2D eigenvalue weighted by Gasteiger charge is 2.49. The molecule has 192 valence electrons. The van der Waals surface area contributed by atoms with Gasteiger partial charge in [0.1, 0.15) is 11.5 Å². The van der Waals surface area contributed by atoms with Crippen molar-refractivity contribution in [2.45, 2.75) is 38.7 Å². The Labute approximate surface area is 223 Å². The molecule has 0 unspecified atom stereocenters. The Kier molecular flexibility index (Phi) is 9.34. The first-order valence-corrected chi connectivity index (χ1v) is 15.2. The van der Waals surface area contributed by atoms with E-state index in [2.05, 4.69) is 105 Å². The summed E-state index contributed by atoms with van der Waals surface area (Å²) in [6.45, 7) is 9.57. The highest BCUT2D eigenvalue weighted by Crippen LogP contribution is 2.36. The molecule has 0 amide bonds. The Bertz CT molecular complexity index is 1170. The normalized spacial score (nSPS) is 11.9. The number of ether oxygens (including phenoxy) is 1. The van der Waals surface area contributed by atoms with E-state index >= 15 is 0 Å². The van der Waals surface area contributed by atoms with Gasteiger partial charge in [0.05, 0.1) is 0 Å². The number of nitrogens with one attached hydrogen (secondary N) is 1. The molecule has 3 nitrogen and oxygen atoms in total. The summed E-state index contributed by atoms with van der Waals surface area (Å²) >= 11 is 0. The van der Waals surface area contributed by atoms with Crippen LogP contribution in [-0.2, 0) is 10.8 Å². The number of rotatable bonds is 12. The van der Waals surface area contributed by atoms with E-state index in [1.807, 2.05) is 36.4 Å². The second-order valence-electron chi connectivity index (χ2n) is 10.4. The highest BCUT2D eigenvalue weighted by molar-refractivity contribution is 6.99. The summed E-state index contributed by atoms with van der Waals surface area (Å²) in [7, 11) is -2.45. The Morgan fingerprint density at radius 2 is 1.22 bits per heavy atom. The Morgan fingerprint density at radius 3 is 1.81 bits per heavy atom. The van der Waals surface area contributed by atoms with E-state index in [4.69, 9.17) is 9.16 Å². The van der Waals surface area contributed by atoms with E-state index in [1.165, 1.54) is 15.9 Å². The molecule has 0 aliphatic rings. The predicted octanol–water partition coefficient (Wildman–Crippen LogP) is 6.58. The van der Waals surface area contributed by atoms with Crippen LogP contribution in [0.2, 0.25) is 5.04 Å². The van der Waals surface area contributed by atoms with Crippen molar-refractivity contribution in [3.8, 4) is 11.5 Å². The molecule has 0 radical (unpaired) electrons. The molecule has 37 heavy (non-hydrogen) atoms. The fourth-order valence-electron chi connectivity index (χ4n) is 4.93. The zero-order valence-corrected chi connectivity index (χ0v) is 23.3. The van der Waals surface area contributed by atoms with Crippen LogP contribution >= 0.6 is 0 Å². The van der Waals surface area contributed by atoms with Crippen LogP contribution < -0.4 is 20.4 Å². The quantitative estimate of drug-likeness (QED) is 0.173. The van der Waals surface area contributed by atoms with Crippen molar-refractivity contribution in [2.75, 3.05) is 19.7 Å². The Hall–Kier alpha value is -3.18. The summed E-state index contributed by atoms with van der Waals surface area (Å²) in [4.78, 5) is 0. The van der Waals surface area contributed by atoms with Gasteiger partial charge < -0.3 is 14.5 Å². The van der Waals surface area contributed by atoms with Crippen LogP contribution in [0.1, 0.15) is 32.8 Å². The lowest BCUT2D eigenvalue weighted by Gasteiger charge is -2.43. The largest absolute Gasteiger partial charge is 0.457 e. The van der Waals surface area contributed by atoms with Gasteiger partial charge in [-0.15, -0.1) is 0 Å². The van der Waals surface area contributed by atoms with Gasteiger partial charge in [0, 0.05) is 6.61 Å². The van der Waals surface area contributed by atoms with Gasteiger partial charge >= 0.3 is 0 Å². The van der Waals surface area contributed by atoms with Crippen LogP contribution in [-0.4, -0.2) is 28.0 Å². The standard InChI is InChI=1S/C33H39NO2Si/c1-33(2,3)37(31-19-9-5-10-20-31,32-21-11-6-12-22-32)35-26-14-24-34-25-23-28-15-13-18-30(27-28)36-29-16-7-4-8-17-29/h4-13,15-22,27,34H,14,23-26H2,1-3H3. The number of benzene rings is 4. The van der Waals surface area contributed by atoms with Crippen molar-refractivity contribution in [3.63, 3.8) is 0 Å². The molecule has 0 aliphatic heterocycles. The minimum Gasteiger partial charge on any atom is -0.457 e. The van der Waals surface area contributed by atoms with Crippen molar-refractivity contribution in [2.24, 2.45) is 0 Å². The molecule has 1 N–H and O–H groups in total. The summed E-state index contributed by atoms with van der Waals surface area (Å²) in [5, 5.41) is 6.28. The topological polar surface area (TPSA) is 30.5 Å². The van der Waals surface area contributed by atoms with Crippen LogP contribution in [0.25, 0.3) is 0 Å². The Balaban J connectivity index is 1.31. The molecule has 0 saturated heterocycles. The van der Waals surface area contributed by atoms with Gasteiger partial charge in [0.15, 0.2) is 0 Å². The molecule has 4 aromatic rings. The number of hydrogen-bond acceptors (Lipinski definition) is 3. The third-order valence-corrected chi connectivity index (χ3v) is 11.7. The lowest BCUT2D eigenvalue weighted by Crippen LogP contribution is -2.66. The second kappa shape index (κ2) is 12.9. The van der Waals surface area contributed by atoms with Crippen molar-refractivity contribution < 1.29 is 9.16 Å². The minimum atomic E-state index is -2.45. The number of para-hydroxylation sites is 1. The molecule has 0 heterocycles. The fraction of sp³-hybridized carbons (Fsp3) is 0.273. The van der Waals surface area contributed by atoms with E-state index < -0.39 is 8.32 Å². The molecule has 0 fully saturated rings. The summed E-state index contributed by atoms with van der Waals surface area (Å²) in [5.41, 5.74) is 1.27. The van der Waals surface area contributed by atoms with Crippen LogP contribution in [0.5, 0.6) is 11.5 Å². The van der Waals surface area contributed by atoms with E-state index in [9.17, 15) is 0 Å². The summed E-state index contributed by atoms with van der Waals surface area (Å²) in [5.74, 6) is 1.74. The minimum absolute atomic E-state index is 0.00989. The summed E-state index contributed by atoms with van der Waals surface area (Å²) < 4.78 is 13.0. The monoisotopic (exact) mass is 509 g/mol. The van der Waals surface area contributed by atoms with Gasteiger partial charge in [-0.3, -0.25) is 0 Å². The molecule has 0 aromatic heterocycles. The van der Waals surface area contributed by atoms with Crippen LogP contribution in [0, 0.1) is 0 Å². The van der Waals surface area contributed by atoms with E-state index in [0.29, 0.717) is 0 Å². The van der Waals surface area contributed by atoms with Gasteiger partial charge in [-0.1, -0.05) is 112 Å². The van der Waals surface area contributed by atoms with Crippen molar-refractivity contribution in [3.05, 3.63) is 121 Å². The van der Waals surface area contributed by atoms with Crippen LogP contribution in [0.4, 0.5) is 0 Å². The molecule has 4 aromatic carbocycles. The average molecular weight is 510 g/mol. The van der Waals surface area contributed by atoms with E-state index in [0.717, 1.165) is 44.0 Å². The molecular weight excluding hydrogens is 470 g/mol. The second-order valence-corrected chi connectivity index (χ2v) is 14.7. The molecular formula is C33H39NO2Si. The van der Waals surface area contributed by atoms with Gasteiger partial charge in [0.25, 0.3) is 8.32 Å². The molecule has 0 saturated carbocycles. The lowest BCUT2D eigenvalue weighted by atomic mass is 10.1. The average Bonchev–Trinajstić information content (AvgIpc) is 2.91. The molecule has 4 rings (SSSR count). The fourth-order valence-corrected chi connectivity index (χ4v) is 9.54. The summed E-state index contributed by atoms with van der Waals surface area (Å²) in [6, 6.07) is 40.0. The van der Waals surface area contributed by atoms with Gasteiger partial charge in [-0.25, -0.2) is 0 Å². The molecule has 0 spiro atoms. The molecule has 0 atom stereocenters. The number of hydrogen-bond donors (Lipinski definition) is 1. The first-order valence-electron chi connectivity index (χ1n) is 13.3. The SMILES string of the molecule is CC(C)(C)[Si](OCCCNCCc1cccc(Oc2ccccc2)c1)(c1ccccc1)c1ccccc1. The maximum absolute atomic E-state index is 6.99. The maximum Gasteiger partial charge on any atom is 0.261 e. The lowest BCUT2D eigenvalue weighted by molar-refractivity contribution is 0.290. The first kappa shape index (κ1) is 26.9. The third kappa shape index (κ3) is 6.98. The maximum atomic E-state index is 6.99. The van der Waals surface area contributed by atoms with Gasteiger partial charge in [-0.05, 0) is 71.2 Å². The molecule has 4 heteroatoms. The van der Waals surface area contributed by atoms with Gasteiger partial charge in [-0.2, -0.15) is 0 Å². The van der Waals surface area contributed by atoms with Gasteiger partial charge in [0.2, 0.25) is 0 Å². The molecule has 0 bridgehead atoms. The van der Waals surface area contributed by atoms with Crippen molar-refractivity contribution in [1.29, 1.82) is 0 Å². The van der Waals surface area contributed by atoms with E-state index in [-0.39, 0.29) is 5.04 Å². The summed E-state index contributed by atoms with van der Waals surface area (Å²) in [6.07, 6.45) is 1.93. The predicted molar refractivity (Wildman–Crippen MR) is 158 cm³/mol. The Morgan fingerprint density at radius 1 is 0.649 bits per heavy atom. The van der Waals surface area contributed by atoms with Crippen LogP contribution in [0.15, 0.2) is 115 Å². The zero-order chi connectivity index (χ0) is 26.0. The van der Waals surface area contributed by atoms with Crippen LogP contribution in [0.3, 0.4) is 0 Å². The smallest absolute Gasteiger partial charge is 0.261 e.